The predicted octanol–water partition coefficient (Wildman–Crippen LogP) is 0.654. The molecule has 0 spiro atoms. The van der Waals surface area contributed by atoms with Crippen LogP contribution in [-0.4, -0.2) is 42.0 Å². The van der Waals surface area contributed by atoms with Gasteiger partial charge in [-0.15, -0.1) is 0 Å². The lowest BCUT2D eigenvalue weighted by Crippen LogP contribution is -2.45. The first-order valence-corrected chi connectivity index (χ1v) is 5.75. The van der Waals surface area contributed by atoms with Gasteiger partial charge >= 0.3 is 0 Å². The van der Waals surface area contributed by atoms with Gasteiger partial charge in [0.2, 0.25) is 0 Å². The van der Waals surface area contributed by atoms with Crippen LogP contribution in [-0.2, 0) is 0 Å². The lowest BCUT2D eigenvalue weighted by molar-refractivity contribution is 0.0705. The van der Waals surface area contributed by atoms with Gasteiger partial charge in [-0.05, 0) is 18.9 Å². The Balaban J connectivity index is 2.18. The van der Waals surface area contributed by atoms with Crippen LogP contribution in [0.1, 0.15) is 23.2 Å². The van der Waals surface area contributed by atoms with Crippen LogP contribution in [0.5, 0.6) is 5.75 Å². The van der Waals surface area contributed by atoms with Gasteiger partial charge in [0.1, 0.15) is 5.75 Å². The number of likely N-dealkylation sites (tertiary alicyclic amines) is 1. The number of hydrogen-bond donors (Lipinski definition) is 1. The van der Waals surface area contributed by atoms with Crippen molar-refractivity contribution in [3.05, 3.63) is 24.0 Å². The van der Waals surface area contributed by atoms with Gasteiger partial charge < -0.3 is 15.4 Å². The van der Waals surface area contributed by atoms with Gasteiger partial charge in [0.25, 0.3) is 5.91 Å². The number of pyridine rings is 1. The first kappa shape index (κ1) is 11.9. The fourth-order valence-electron chi connectivity index (χ4n) is 2.08. The second-order valence-corrected chi connectivity index (χ2v) is 4.23. The number of carbonyl (C=O) groups excluding carboxylic acids is 1. The number of hydrogen-bond acceptors (Lipinski definition) is 4. The van der Waals surface area contributed by atoms with E-state index in [2.05, 4.69) is 4.98 Å². The van der Waals surface area contributed by atoms with Crippen LogP contribution < -0.4 is 10.5 Å². The maximum absolute atomic E-state index is 12.3. The van der Waals surface area contributed by atoms with Crippen LogP contribution in [0.4, 0.5) is 0 Å². The molecular formula is C12H17N3O2. The average molecular weight is 235 g/mol. The summed E-state index contributed by atoms with van der Waals surface area (Å²) in [6.45, 7) is 1.38. The number of aromatic nitrogens is 1. The van der Waals surface area contributed by atoms with E-state index in [0.717, 1.165) is 19.4 Å². The normalized spacial score (nSPS) is 20.1. The van der Waals surface area contributed by atoms with E-state index in [1.807, 2.05) is 0 Å². The summed E-state index contributed by atoms with van der Waals surface area (Å²) in [4.78, 5) is 18.0. The van der Waals surface area contributed by atoms with Crippen molar-refractivity contribution in [2.24, 2.45) is 5.73 Å². The summed E-state index contributed by atoms with van der Waals surface area (Å²) in [5, 5.41) is 0. The molecule has 2 N–H and O–H groups in total. The molecule has 1 fully saturated rings. The molecule has 1 atom stereocenters. The first-order chi connectivity index (χ1) is 8.22. The molecule has 0 aliphatic carbocycles. The summed E-state index contributed by atoms with van der Waals surface area (Å²) in [6, 6.07) is 1.77. The molecule has 0 saturated carbocycles. The summed E-state index contributed by atoms with van der Waals surface area (Å²) in [6.07, 6.45) is 5.09. The van der Waals surface area contributed by atoms with E-state index < -0.39 is 0 Å². The predicted molar refractivity (Wildman–Crippen MR) is 63.9 cm³/mol. The molecular weight excluding hydrogens is 218 g/mol. The Morgan fingerprint density at radius 1 is 1.65 bits per heavy atom. The fourth-order valence-corrected chi connectivity index (χ4v) is 2.08. The maximum Gasteiger partial charge on any atom is 0.257 e. The molecule has 17 heavy (non-hydrogen) atoms. The van der Waals surface area contributed by atoms with Crippen molar-refractivity contribution in [3.8, 4) is 5.75 Å². The molecule has 1 aromatic rings. The topological polar surface area (TPSA) is 68.5 Å². The largest absolute Gasteiger partial charge is 0.494 e. The summed E-state index contributed by atoms with van der Waals surface area (Å²) in [5.74, 6) is 0.482. The molecule has 1 aromatic heterocycles. The van der Waals surface area contributed by atoms with Crippen LogP contribution >= 0.6 is 0 Å². The van der Waals surface area contributed by atoms with Gasteiger partial charge in [-0.25, -0.2) is 0 Å². The van der Waals surface area contributed by atoms with Crippen molar-refractivity contribution in [2.75, 3.05) is 20.2 Å². The van der Waals surface area contributed by atoms with Gasteiger partial charge in [0.15, 0.2) is 0 Å². The molecule has 92 valence electrons. The molecule has 5 nitrogen and oxygen atoms in total. The highest BCUT2D eigenvalue weighted by molar-refractivity contribution is 5.96. The van der Waals surface area contributed by atoms with E-state index >= 15 is 0 Å². The molecule has 5 heteroatoms. The Labute approximate surface area is 101 Å². The highest BCUT2D eigenvalue weighted by Crippen LogP contribution is 2.20. The summed E-state index contributed by atoms with van der Waals surface area (Å²) < 4.78 is 5.14. The summed E-state index contributed by atoms with van der Waals surface area (Å²) >= 11 is 0. The van der Waals surface area contributed by atoms with Gasteiger partial charge in [-0.2, -0.15) is 0 Å². The smallest absolute Gasteiger partial charge is 0.257 e. The van der Waals surface area contributed by atoms with Gasteiger partial charge in [0.05, 0.1) is 18.9 Å². The van der Waals surface area contributed by atoms with Crippen molar-refractivity contribution in [1.82, 2.24) is 9.88 Å². The SMILES string of the molecule is COc1cnccc1C(=O)N1CCCC(N)C1. The second kappa shape index (κ2) is 5.14. The standard InChI is InChI=1S/C12H17N3O2/c1-17-11-7-14-5-4-10(11)12(16)15-6-2-3-9(13)8-15/h4-5,7,9H,2-3,6,8,13H2,1H3. The van der Waals surface area contributed by atoms with E-state index in [0.29, 0.717) is 17.9 Å². The van der Waals surface area contributed by atoms with Gasteiger partial charge in [-0.3, -0.25) is 9.78 Å². The zero-order valence-corrected chi connectivity index (χ0v) is 9.93. The van der Waals surface area contributed by atoms with Crippen LogP contribution in [0, 0.1) is 0 Å². The number of nitrogens with zero attached hydrogens (tertiary/aromatic N) is 2. The van der Waals surface area contributed by atoms with E-state index in [1.165, 1.54) is 7.11 Å². The molecule has 2 rings (SSSR count). The number of methoxy groups -OCH3 is 1. The molecule has 0 bridgehead atoms. The zero-order chi connectivity index (χ0) is 12.3. The first-order valence-electron chi connectivity index (χ1n) is 5.75. The molecule has 0 aromatic carbocycles. The number of nitrogens with two attached hydrogens (primary N) is 1. The monoisotopic (exact) mass is 235 g/mol. The van der Waals surface area contributed by atoms with Crippen LogP contribution in [0.15, 0.2) is 18.5 Å². The summed E-state index contributed by atoms with van der Waals surface area (Å²) in [5.41, 5.74) is 6.43. The molecule has 2 heterocycles. The Hall–Kier alpha value is -1.62. The van der Waals surface area contributed by atoms with Crippen molar-refractivity contribution in [1.29, 1.82) is 0 Å². The highest BCUT2D eigenvalue weighted by Gasteiger charge is 2.24. The van der Waals surface area contributed by atoms with Gasteiger partial charge in [-0.1, -0.05) is 0 Å². The lowest BCUT2D eigenvalue weighted by atomic mass is 10.1. The minimum absolute atomic E-state index is 0.0283. The Morgan fingerprint density at radius 2 is 2.47 bits per heavy atom. The lowest BCUT2D eigenvalue weighted by Gasteiger charge is -2.31. The highest BCUT2D eigenvalue weighted by atomic mass is 16.5. The van der Waals surface area contributed by atoms with Crippen molar-refractivity contribution in [2.45, 2.75) is 18.9 Å². The van der Waals surface area contributed by atoms with E-state index in [1.54, 1.807) is 23.4 Å². The van der Waals surface area contributed by atoms with E-state index in [4.69, 9.17) is 10.5 Å². The third kappa shape index (κ3) is 2.55. The summed E-state index contributed by atoms with van der Waals surface area (Å²) in [7, 11) is 1.54. The molecule has 1 aliphatic rings. The number of carbonyl (C=O) groups is 1. The average Bonchev–Trinajstić information content (AvgIpc) is 2.38. The molecule has 1 amide bonds. The van der Waals surface area contributed by atoms with Crippen LogP contribution in [0.3, 0.4) is 0 Å². The minimum Gasteiger partial charge on any atom is -0.494 e. The van der Waals surface area contributed by atoms with Crippen molar-refractivity contribution in [3.63, 3.8) is 0 Å². The van der Waals surface area contributed by atoms with Crippen LogP contribution in [0.25, 0.3) is 0 Å². The number of rotatable bonds is 2. The quantitative estimate of drug-likeness (QED) is 0.817. The number of piperidine rings is 1. The Morgan fingerprint density at radius 3 is 3.18 bits per heavy atom. The number of amides is 1. The maximum atomic E-state index is 12.3. The van der Waals surface area contributed by atoms with E-state index in [9.17, 15) is 4.79 Å². The third-order valence-electron chi connectivity index (χ3n) is 2.98. The second-order valence-electron chi connectivity index (χ2n) is 4.23. The molecule has 1 saturated heterocycles. The Bertz CT molecular complexity index is 408. The van der Waals surface area contributed by atoms with Crippen LogP contribution in [0.2, 0.25) is 0 Å². The fraction of sp³-hybridized carbons (Fsp3) is 0.500. The molecule has 0 radical (unpaired) electrons. The number of ether oxygens (including phenoxy) is 1. The Kier molecular flexibility index (Phi) is 3.58. The molecule has 1 unspecified atom stereocenters. The minimum atomic E-state index is -0.0283. The zero-order valence-electron chi connectivity index (χ0n) is 9.93. The molecule has 1 aliphatic heterocycles. The van der Waals surface area contributed by atoms with Gasteiger partial charge in [0, 0.05) is 25.3 Å². The third-order valence-corrected chi connectivity index (χ3v) is 2.98. The van der Waals surface area contributed by atoms with Crippen molar-refractivity contribution < 1.29 is 9.53 Å². The van der Waals surface area contributed by atoms with Crippen molar-refractivity contribution >= 4 is 5.91 Å². The van der Waals surface area contributed by atoms with E-state index in [-0.39, 0.29) is 11.9 Å².